The molecule has 4 heteroatoms. The molecule has 3 rings (SSSR count). The van der Waals surface area contributed by atoms with Crippen molar-refractivity contribution in [3.05, 3.63) is 54.1 Å². The summed E-state index contributed by atoms with van der Waals surface area (Å²) < 4.78 is 5.74. The Bertz CT molecular complexity index is 719. The molecule has 0 spiro atoms. The van der Waals surface area contributed by atoms with E-state index in [0.29, 0.717) is 19.4 Å². The number of benzene rings is 2. The highest BCUT2D eigenvalue weighted by molar-refractivity contribution is 5.90. The van der Waals surface area contributed by atoms with Crippen molar-refractivity contribution in [1.82, 2.24) is 0 Å². The lowest BCUT2D eigenvalue weighted by molar-refractivity contribution is -0.116. The number of hydrogen-bond acceptors (Lipinski definition) is 3. The molecule has 0 aromatic heterocycles. The zero-order chi connectivity index (χ0) is 19.6. The number of aryl methyl sites for hydroxylation is 1. The van der Waals surface area contributed by atoms with Gasteiger partial charge in [-0.1, -0.05) is 25.5 Å². The van der Waals surface area contributed by atoms with Crippen molar-refractivity contribution in [2.24, 2.45) is 0 Å². The molecule has 2 aromatic rings. The first-order valence-corrected chi connectivity index (χ1v) is 10.6. The number of anilines is 2. The number of nitrogens with one attached hydrogen (secondary N) is 1. The maximum atomic E-state index is 12.1. The van der Waals surface area contributed by atoms with Crippen LogP contribution in [0.3, 0.4) is 0 Å². The lowest BCUT2D eigenvalue weighted by Gasteiger charge is -2.28. The third-order valence-electron chi connectivity index (χ3n) is 5.15. The molecule has 0 bridgehead atoms. The Hall–Kier alpha value is -2.49. The number of nitrogens with zero attached hydrogens (tertiary/aromatic N) is 1. The number of carbonyl (C=O) groups is 1. The van der Waals surface area contributed by atoms with Crippen LogP contribution in [0.4, 0.5) is 11.4 Å². The molecule has 1 aliphatic rings. The number of ether oxygens (including phenoxy) is 1. The van der Waals surface area contributed by atoms with Crippen molar-refractivity contribution in [3.63, 3.8) is 0 Å². The van der Waals surface area contributed by atoms with Gasteiger partial charge in [-0.25, -0.2) is 0 Å². The quantitative estimate of drug-likeness (QED) is 0.590. The maximum Gasteiger partial charge on any atom is 0.224 e. The molecule has 4 nitrogen and oxygen atoms in total. The summed E-state index contributed by atoms with van der Waals surface area (Å²) in [6.07, 6.45) is 7.28. The second kappa shape index (κ2) is 10.7. The number of rotatable bonds is 9. The van der Waals surface area contributed by atoms with Gasteiger partial charge in [0.25, 0.3) is 0 Å². The fourth-order valence-corrected chi connectivity index (χ4v) is 3.59. The molecule has 0 saturated carbocycles. The molecule has 0 radical (unpaired) electrons. The van der Waals surface area contributed by atoms with E-state index < -0.39 is 0 Å². The Labute approximate surface area is 168 Å². The van der Waals surface area contributed by atoms with E-state index in [-0.39, 0.29) is 5.91 Å². The van der Waals surface area contributed by atoms with E-state index in [9.17, 15) is 4.79 Å². The van der Waals surface area contributed by atoms with Crippen molar-refractivity contribution in [2.75, 3.05) is 29.9 Å². The minimum atomic E-state index is 0.0348. The summed E-state index contributed by atoms with van der Waals surface area (Å²) in [4.78, 5) is 14.6. The molecule has 1 aliphatic heterocycles. The van der Waals surface area contributed by atoms with Crippen LogP contribution in [0.5, 0.6) is 5.75 Å². The first-order valence-electron chi connectivity index (χ1n) is 10.6. The third-order valence-corrected chi connectivity index (χ3v) is 5.15. The van der Waals surface area contributed by atoms with E-state index in [1.165, 1.54) is 30.5 Å². The van der Waals surface area contributed by atoms with Gasteiger partial charge < -0.3 is 15.0 Å². The monoisotopic (exact) mass is 380 g/mol. The van der Waals surface area contributed by atoms with Crippen molar-refractivity contribution in [3.8, 4) is 5.75 Å². The van der Waals surface area contributed by atoms with Crippen molar-refractivity contribution in [2.45, 2.75) is 51.9 Å². The molecule has 1 amide bonds. The fraction of sp³-hybridized carbons (Fsp3) is 0.458. The van der Waals surface area contributed by atoms with Crippen LogP contribution in [-0.2, 0) is 11.2 Å². The number of piperidine rings is 1. The van der Waals surface area contributed by atoms with Crippen LogP contribution >= 0.6 is 0 Å². The Morgan fingerprint density at radius 2 is 1.71 bits per heavy atom. The van der Waals surface area contributed by atoms with Crippen molar-refractivity contribution in [1.29, 1.82) is 0 Å². The highest BCUT2D eigenvalue weighted by Crippen LogP contribution is 2.22. The average Bonchev–Trinajstić information content (AvgIpc) is 2.74. The van der Waals surface area contributed by atoms with Gasteiger partial charge in [-0.2, -0.15) is 0 Å². The molecule has 0 atom stereocenters. The smallest absolute Gasteiger partial charge is 0.224 e. The minimum absolute atomic E-state index is 0.0348. The molecule has 0 unspecified atom stereocenters. The van der Waals surface area contributed by atoms with Gasteiger partial charge >= 0.3 is 0 Å². The normalized spacial score (nSPS) is 14.0. The predicted molar refractivity (Wildman–Crippen MR) is 116 cm³/mol. The third kappa shape index (κ3) is 6.29. The van der Waals surface area contributed by atoms with Gasteiger partial charge in [0.05, 0.1) is 6.61 Å². The van der Waals surface area contributed by atoms with Crippen LogP contribution in [0, 0.1) is 0 Å². The first kappa shape index (κ1) is 20.2. The number of carbonyl (C=O) groups excluding carboxylic acids is 1. The molecular weight excluding hydrogens is 348 g/mol. The van der Waals surface area contributed by atoms with Crippen LogP contribution < -0.4 is 15.0 Å². The molecule has 1 heterocycles. The Morgan fingerprint density at radius 3 is 2.39 bits per heavy atom. The summed E-state index contributed by atoms with van der Waals surface area (Å²) in [6.45, 7) is 4.99. The van der Waals surface area contributed by atoms with Crippen molar-refractivity contribution >= 4 is 17.3 Å². The van der Waals surface area contributed by atoms with E-state index in [0.717, 1.165) is 37.4 Å². The van der Waals surface area contributed by atoms with Gasteiger partial charge in [-0.05, 0) is 74.1 Å². The van der Waals surface area contributed by atoms with Crippen LogP contribution in [0.25, 0.3) is 0 Å². The van der Waals surface area contributed by atoms with E-state index in [2.05, 4.69) is 41.4 Å². The van der Waals surface area contributed by atoms with E-state index >= 15 is 0 Å². The fourth-order valence-electron chi connectivity index (χ4n) is 3.59. The van der Waals surface area contributed by atoms with Gasteiger partial charge in [-0.15, -0.1) is 0 Å². The summed E-state index contributed by atoms with van der Waals surface area (Å²) in [5, 5.41) is 2.98. The topological polar surface area (TPSA) is 41.6 Å². The molecule has 1 saturated heterocycles. The van der Waals surface area contributed by atoms with Gasteiger partial charge in [-0.3, -0.25) is 4.79 Å². The molecule has 0 aliphatic carbocycles. The zero-order valence-electron chi connectivity index (χ0n) is 17.0. The lowest BCUT2D eigenvalue weighted by Crippen LogP contribution is -2.29. The van der Waals surface area contributed by atoms with Crippen LogP contribution in [0.2, 0.25) is 0 Å². The number of amides is 1. The Kier molecular flexibility index (Phi) is 7.77. The van der Waals surface area contributed by atoms with Gasteiger partial charge in [0.1, 0.15) is 5.75 Å². The molecular formula is C24H32N2O2. The van der Waals surface area contributed by atoms with E-state index in [1.54, 1.807) is 0 Å². The second-order valence-electron chi connectivity index (χ2n) is 7.49. The average molecular weight is 381 g/mol. The first-order chi connectivity index (χ1) is 13.7. The number of hydrogen-bond donors (Lipinski definition) is 1. The van der Waals surface area contributed by atoms with Crippen molar-refractivity contribution < 1.29 is 9.53 Å². The van der Waals surface area contributed by atoms with Crippen LogP contribution in [-0.4, -0.2) is 25.6 Å². The highest BCUT2D eigenvalue weighted by atomic mass is 16.5. The minimum Gasteiger partial charge on any atom is -0.494 e. The van der Waals surface area contributed by atoms with E-state index in [4.69, 9.17) is 4.74 Å². The van der Waals surface area contributed by atoms with Crippen LogP contribution in [0.15, 0.2) is 48.5 Å². The summed E-state index contributed by atoms with van der Waals surface area (Å²) in [5.41, 5.74) is 3.44. The summed E-state index contributed by atoms with van der Waals surface area (Å²) in [7, 11) is 0. The SMILES string of the molecule is CCCc1ccc(OCCCC(=O)Nc2ccc(N3CCCCC3)cc2)cc1. The summed E-state index contributed by atoms with van der Waals surface area (Å²) in [5.74, 6) is 0.904. The molecule has 28 heavy (non-hydrogen) atoms. The largest absolute Gasteiger partial charge is 0.494 e. The standard InChI is InChI=1S/C24H32N2O2/c1-2-7-20-9-15-23(16-10-20)28-19-6-8-24(27)25-21-11-13-22(14-12-21)26-17-4-3-5-18-26/h9-16H,2-8,17-19H2,1H3,(H,25,27). The highest BCUT2D eigenvalue weighted by Gasteiger charge is 2.11. The Morgan fingerprint density at radius 1 is 1.00 bits per heavy atom. The molecule has 150 valence electrons. The second-order valence-corrected chi connectivity index (χ2v) is 7.49. The zero-order valence-corrected chi connectivity index (χ0v) is 17.0. The summed E-state index contributed by atoms with van der Waals surface area (Å²) in [6, 6.07) is 16.4. The predicted octanol–water partition coefficient (Wildman–Crippen LogP) is 5.43. The maximum absolute atomic E-state index is 12.1. The van der Waals surface area contributed by atoms with Crippen LogP contribution in [0.1, 0.15) is 51.0 Å². The van der Waals surface area contributed by atoms with Gasteiger partial charge in [0.2, 0.25) is 5.91 Å². The molecule has 2 aromatic carbocycles. The van der Waals surface area contributed by atoms with E-state index in [1.807, 2.05) is 24.3 Å². The molecule has 1 fully saturated rings. The van der Waals surface area contributed by atoms with Gasteiger partial charge in [0.15, 0.2) is 0 Å². The molecule has 1 N–H and O–H groups in total. The Balaban J connectivity index is 1.36. The van der Waals surface area contributed by atoms with Gasteiger partial charge in [0, 0.05) is 30.9 Å². The lowest BCUT2D eigenvalue weighted by atomic mass is 10.1. The summed E-state index contributed by atoms with van der Waals surface area (Å²) >= 11 is 0.